The van der Waals surface area contributed by atoms with Gasteiger partial charge in [-0.05, 0) is 11.3 Å². The van der Waals surface area contributed by atoms with E-state index in [2.05, 4.69) is 26.2 Å². The Bertz CT molecular complexity index is 455. The molecule has 1 aromatic rings. The summed E-state index contributed by atoms with van der Waals surface area (Å²) in [6.07, 6.45) is 3.02. The average molecular weight is 349 g/mol. The van der Waals surface area contributed by atoms with Gasteiger partial charge in [0.2, 0.25) is 0 Å². The Morgan fingerprint density at radius 2 is 2.55 bits per heavy atom. The standard InChI is InChI=1S/C11H17BrN4O4/c12-9-1-4-20-7-10(9)14-5-8(17)6-15-3-2-13-11(15)16(18)19/h2-3,8-10,14,17H,1,4-7H2/t8?,9-,10-/m0/s1. The Labute approximate surface area is 124 Å². The number of rotatable bonds is 6. The summed E-state index contributed by atoms with van der Waals surface area (Å²) >= 11 is 3.57. The van der Waals surface area contributed by atoms with Gasteiger partial charge in [0.05, 0.1) is 19.3 Å². The van der Waals surface area contributed by atoms with Crippen LogP contribution in [0.5, 0.6) is 0 Å². The first-order valence-corrected chi connectivity index (χ1v) is 7.28. The summed E-state index contributed by atoms with van der Waals surface area (Å²) in [5.41, 5.74) is 0. The van der Waals surface area contributed by atoms with Crippen LogP contribution in [0.3, 0.4) is 0 Å². The highest BCUT2D eigenvalue weighted by Gasteiger charge is 2.24. The van der Waals surface area contributed by atoms with Crippen molar-refractivity contribution in [3.05, 3.63) is 22.5 Å². The van der Waals surface area contributed by atoms with E-state index in [1.807, 2.05) is 0 Å². The highest BCUT2D eigenvalue weighted by Crippen LogP contribution is 2.16. The minimum Gasteiger partial charge on any atom is -0.390 e. The number of nitrogens with zero attached hydrogens (tertiary/aromatic N) is 3. The first-order valence-electron chi connectivity index (χ1n) is 6.36. The van der Waals surface area contributed by atoms with E-state index < -0.39 is 11.0 Å². The lowest BCUT2D eigenvalue weighted by Crippen LogP contribution is -2.47. The molecule has 2 rings (SSSR count). The molecule has 112 valence electrons. The van der Waals surface area contributed by atoms with Crippen LogP contribution in [-0.4, -0.2) is 56.3 Å². The van der Waals surface area contributed by atoms with Crippen LogP contribution in [0.25, 0.3) is 0 Å². The monoisotopic (exact) mass is 348 g/mol. The van der Waals surface area contributed by atoms with Crippen molar-refractivity contribution in [2.45, 2.75) is 29.9 Å². The molecule has 8 nitrogen and oxygen atoms in total. The fourth-order valence-electron chi connectivity index (χ4n) is 2.09. The van der Waals surface area contributed by atoms with Crippen LogP contribution < -0.4 is 5.32 Å². The molecule has 2 heterocycles. The molecular weight excluding hydrogens is 332 g/mol. The molecule has 3 atom stereocenters. The molecule has 0 spiro atoms. The van der Waals surface area contributed by atoms with Gasteiger partial charge in [0.1, 0.15) is 12.4 Å². The van der Waals surface area contributed by atoms with Gasteiger partial charge in [-0.1, -0.05) is 20.9 Å². The molecule has 1 fully saturated rings. The summed E-state index contributed by atoms with van der Waals surface area (Å²) in [5.74, 6) is -0.261. The zero-order chi connectivity index (χ0) is 14.5. The fourth-order valence-corrected chi connectivity index (χ4v) is 2.62. The third-order valence-electron chi connectivity index (χ3n) is 3.15. The van der Waals surface area contributed by atoms with Gasteiger partial charge in [-0.2, -0.15) is 0 Å². The van der Waals surface area contributed by atoms with E-state index in [9.17, 15) is 15.2 Å². The average Bonchev–Trinajstić information content (AvgIpc) is 2.86. The summed E-state index contributed by atoms with van der Waals surface area (Å²) in [6, 6.07) is 0.135. The molecule has 1 unspecified atom stereocenters. The predicted octanol–water partition coefficient (Wildman–Crippen LogP) is 0.294. The lowest BCUT2D eigenvalue weighted by molar-refractivity contribution is -0.397. The Balaban J connectivity index is 1.81. The van der Waals surface area contributed by atoms with Gasteiger partial charge in [-0.15, -0.1) is 0 Å². The first kappa shape index (κ1) is 15.4. The molecule has 0 aromatic carbocycles. The summed E-state index contributed by atoms with van der Waals surface area (Å²) in [6.45, 7) is 1.79. The van der Waals surface area contributed by atoms with Crippen LogP contribution in [0.4, 0.5) is 5.95 Å². The Hall–Kier alpha value is -1.03. The Morgan fingerprint density at radius 1 is 1.75 bits per heavy atom. The van der Waals surface area contributed by atoms with Crippen molar-refractivity contribution in [1.29, 1.82) is 0 Å². The maximum Gasteiger partial charge on any atom is 0.434 e. The van der Waals surface area contributed by atoms with Crippen molar-refractivity contribution in [1.82, 2.24) is 14.9 Å². The molecule has 20 heavy (non-hydrogen) atoms. The minimum atomic E-state index is -0.732. The van der Waals surface area contributed by atoms with E-state index in [-0.39, 0.29) is 18.5 Å². The molecule has 0 bridgehead atoms. The maximum atomic E-state index is 10.7. The number of halogens is 1. The van der Waals surface area contributed by atoms with Gasteiger partial charge in [-0.3, -0.25) is 0 Å². The summed E-state index contributed by atoms with van der Waals surface area (Å²) < 4.78 is 6.69. The number of nitrogens with one attached hydrogen (secondary N) is 1. The van der Waals surface area contributed by atoms with Crippen molar-refractivity contribution in [2.75, 3.05) is 19.8 Å². The third kappa shape index (κ3) is 3.98. The number of nitro groups is 1. The zero-order valence-electron chi connectivity index (χ0n) is 10.8. The Kier molecular flexibility index (Phi) is 5.46. The normalized spacial score (nSPS) is 24.5. The molecule has 1 aliphatic heterocycles. The summed E-state index contributed by atoms with van der Waals surface area (Å²) in [4.78, 5) is 14.1. The van der Waals surface area contributed by atoms with E-state index in [0.717, 1.165) is 13.0 Å². The molecular formula is C11H17BrN4O4. The number of ether oxygens (including phenoxy) is 1. The molecule has 0 saturated carbocycles. The molecule has 1 aliphatic rings. The first-order chi connectivity index (χ1) is 9.58. The van der Waals surface area contributed by atoms with Crippen LogP contribution in [-0.2, 0) is 11.3 Å². The number of hydrogen-bond donors (Lipinski definition) is 2. The van der Waals surface area contributed by atoms with Gasteiger partial charge in [0.15, 0.2) is 0 Å². The van der Waals surface area contributed by atoms with Gasteiger partial charge in [0.25, 0.3) is 0 Å². The molecule has 2 N–H and O–H groups in total. The topological polar surface area (TPSA) is 102 Å². The quantitative estimate of drug-likeness (QED) is 0.435. The number of alkyl halides is 1. The van der Waals surface area contributed by atoms with Crippen LogP contribution in [0.2, 0.25) is 0 Å². The van der Waals surface area contributed by atoms with Crippen LogP contribution in [0.15, 0.2) is 12.4 Å². The molecule has 9 heteroatoms. The lowest BCUT2D eigenvalue weighted by atomic mass is 10.1. The second-order valence-corrected chi connectivity index (χ2v) is 5.86. The third-order valence-corrected chi connectivity index (χ3v) is 4.25. The van der Waals surface area contributed by atoms with E-state index in [4.69, 9.17) is 4.74 Å². The number of imidazole rings is 1. The summed E-state index contributed by atoms with van der Waals surface area (Å²) in [7, 11) is 0. The van der Waals surface area contributed by atoms with Crippen LogP contribution >= 0.6 is 15.9 Å². The van der Waals surface area contributed by atoms with Crippen LogP contribution in [0, 0.1) is 10.1 Å². The van der Waals surface area contributed by atoms with Crippen molar-refractivity contribution in [3.63, 3.8) is 0 Å². The SMILES string of the molecule is O=[N+]([O-])c1nccn1CC(O)CN[C@H]1COCC[C@@H]1Br. The van der Waals surface area contributed by atoms with E-state index >= 15 is 0 Å². The fraction of sp³-hybridized carbons (Fsp3) is 0.727. The van der Waals surface area contributed by atoms with Gasteiger partial charge in [-0.25, -0.2) is 4.57 Å². The predicted molar refractivity (Wildman–Crippen MR) is 74.8 cm³/mol. The highest BCUT2D eigenvalue weighted by atomic mass is 79.9. The van der Waals surface area contributed by atoms with E-state index in [1.165, 1.54) is 17.0 Å². The van der Waals surface area contributed by atoms with Gasteiger partial charge in [0, 0.05) is 24.0 Å². The summed E-state index contributed by atoms with van der Waals surface area (Å²) in [5, 5.41) is 23.9. The number of aliphatic hydroxyl groups excluding tert-OH is 1. The van der Waals surface area contributed by atoms with Crippen molar-refractivity contribution >= 4 is 21.9 Å². The second kappa shape index (κ2) is 7.11. The highest BCUT2D eigenvalue weighted by molar-refractivity contribution is 9.09. The largest absolute Gasteiger partial charge is 0.434 e. The Morgan fingerprint density at radius 3 is 3.25 bits per heavy atom. The molecule has 0 aliphatic carbocycles. The molecule has 0 amide bonds. The van der Waals surface area contributed by atoms with E-state index in [1.54, 1.807) is 0 Å². The molecule has 0 radical (unpaired) electrons. The van der Waals surface area contributed by atoms with Gasteiger partial charge < -0.3 is 25.3 Å². The number of hydrogen-bond acceptors (Lipinski definition) is 6. The van der Waals surface area contributed by atoms with Crippen molar-refractivity contribution in [2.24, 2.45) is 0 Å². The van der Waals surface area contributed by atoms with Crippen LogP contribution in [0.1, 0.15) is 6.42 Å². The molecule has 1 aromatic heterocycles. The minimum absolute atomic E-state index is 0.129. The van der Waals surface area contributed by atoms with Crippen molar-refractivity contribution < 1.29 is 14.8 Å². The maximum absolute atomic E-state index is 10.7. The van der Waals surface area contributed by atoms with Gasteiger partial charge >= 0.3 is 5.95 Å². The van der Waals surface area contributed by atoms with E-state index in [0.29, 0.717) is 18.0 Å². The second-order valence-electron chi connectivity index (χ2n) is 4.68. The molecule has 1 saturated heterocycles. The smallest absolute Gasteiger partial charge is 0.390 e. The van der Waals surface area contributed by atoms with Crippen molar-refractivity contribution in [3.8, 4) is 0 Å². The zero-order valence-corrected chi connectivity index (χ0v) is 12.4. The number of aliphatic hydroxyl groups is 1. The number of aromatic nitrogens is 2. The lowest BCUT2D eigenvalue weighted by Gasteiger charge is -2.29.